The highest BCUT2D eigenvalue weighted by Gasteiger charge is 2.39. The largest absolute Gasteiger partial charge is 0.481 e. The van der Waals surface area contributed by atoms with Gasteiger partial charge >= 0.3 is 6.03 Å². The number of anilines is 1. The number of benzene rings is 1. The number of aromatic nitrogens is 1. The summed E-state index contributed by atoms with van der Waals surface area (Å²) in [5, 5.41) is 7.69. The first-order chi connectivity index (χ1) is 14.9. The van der Waals surface area contributed by atoms with Gasteiger partial charge in [-0.3, -0.25) is 19.7 Å². The van der Waals surface area contributed by atoms with Gasteiger partial charge in [0.05, 0.1) is 19.0 Å². The number of ether oxygens (including phenoxy) is 1. The number of methoxy groups -OCH3 is 1. The van der Waals surface area contributed by atoms with Gasteiger partial charge in [-0.2, -0.15) is 0 Å². The van der Waals surface area contributed by atoms with Crippen molar-refractivity contribution in [2.24, 2.45) is 0 Å². The molecule has 1 aromatic heterocycles. The number of fused-ring (bicyclic) bond motifs is 1. The third-order valence-corrected chi connectivity index (χ3v) is 5.25. The van der Waals surface area contributed by atoms with Gasteiger partial charge in [-0.15, -0.1) is 0 Å². The van der Waals surface area contributed by atoms with Crippen molar-refractivity contribution in [2.75, 3.05) is 12.4 Å². The minimum Gasteiger partial charge on any atom is -0.481 e. The standard InChI is InChI=1S/C21H21N5O5/c1-31-18-7-4-14(10-22-18)24-21(30)23-9-12-2-3-13-11-26(20(29)15(13)8-12)16-5-6-17(27)25-19(16)28/h2-4,7-8,10,16H,5-6,9,11H2,1H3,(H2,23,24,30)(H,25,27,28). The number of nitrogens with one attached hydrogen (secondary N) is 3. The summed E-state index contributed by atoms with van der Waals surface area (Å²) in [7, 11) is 1.51. The smallest absolute Gasteiger partial charge is 0.319 e. The third-order valence-electron chi connectivity index (χ3n) is 5.25. The molecule has 10 nitrogen and oxygen atoms in total. The van der Waals surface area contributed by atoms with Gasteiger partial charge in [0.15, 0.2) is 0 Å². The van der Waals surface area contributed by atoms with Gasteiger partial charge in [0.2, 0.25) is 17.7 Å². The monoisotopic (exact) mass is 423 g/mol. The number of rotatable bonds is 5. The van der Waals surface area contributed by atoms with Crippen LogP contribution in [0.15, 0.2) is 36.5 Å². The molecule has 10 heteroatoms. The van der Waals surface area contributed by atoms with Crippen molar-refractivity contribution < 1.29 is 23.9 Å². The van der Waals surface area contributed by atoms with Crippen LogP contribution in [0.1, 0.15) is 34.3 Å². The molecule has 0 radical (unpaired) electrons. The first-order valence-electron chi connectivity index (χ1n) is 9.76. The topological polar surface area (TPSA) is 130 Å². The van der Waals surface area contributed by atoms with Crippen LogP contribution in [-0.4, -0.2) is 46.8 Å². The van der Waals surface area contributed by atoms with E-state index in [9.17, 15) is 19.2 Å². The zero-order valence-electron chi connectivity index (χ0n) is 16.8. The van der Waals surface area contributed by atoms with E-state index >= 15 is 0 Å². The predicted octanol–water partition coefficient (Wildman–Crippen LogP) is 1.17. The minimum atomic E-state index is -0.650. The fraction of sp³-hybridized carbons (Fsp3) is 0.286. The molecule has 5 amide bonds. The molecule has 0 bridgehead atoms. The second-order valence-corrected chi connectivity index (χ2v) is 7.29. The second kappa shape index (κ2) is 8.42. The van der Waals surface area contributed by atoms with Crippen LogP contribution in [0.4, 0.5) is 10.5 Å². The van der Waals surface area contributed by atoms with E-state index in [1.807, 2.05) is 12.1 Å². The molecule has 4 rings (SSSR count). The summed E-state index contributed by atoms with van der Waals surface area (Å²) in [4.78, 5) is 54.0. The van der Waals surface area contributed by atoms with Crippen LogP contribution in [0.2, 0.25) is 0 Å². The molecule has 0 saturated carbocycles. The molecular formula is C21H21N5O5. The molecule has 2 aromatic rings. The summed E-state index contributed by atoms with van der Waals surface area (Å²) in [6.07, 6.45) is 2.01. The molecule has 160 valence electrons. The van der Waals surface area contributed by atoms with Crippen LogP contribution in [0.5, 0.6) is 5.88 Å². The molecule has 3 N–H and O–H groups in total. The Hall–Kier alpha value is -3.95. The number of amides is 5. The predicted molar refractivity (Wildman–Crippen MR) is 109 cm³/mol. The number of urea groups is 1. The highest BCUT2D eigenvalue weighted by atomic mass is 16.5. The van der Waals surface area contributed by atoms with E-state index in [-0.39, 0.29) is 24.8 Å². The summed E-state index contributed by atoms with van der Waals surface area (Å²) in [5.41, 5.74) is 2.58. The maximum absolute atomic E-state index is 12.9. The lowest BCUT2D eigenvalue weighted by atomic mass is 10.0. The Labute approximate surface area is 178 Å². The molecule has 3 heterocycles. The summed E-state index contributed by atoms with van der Waals surface area (Å²) < 4.78 is 4.97. The Morgan fingerprint density at radius 1 is 1.26 bits per heavy atom. The van der Waals surface area contributed by atoms with Crippen molar-refractivity contribution in [3.63, 3.8) is 0 Å². The number of hydrogen-bond donors (Lipinski definition) is 3. The molecule has 1 fully saturated rings. The molecule has 1 unspecified atom stereocenters. The van der Waals surface area contributed by atoms with Crippen LogP contribution in [0.25, 0.3) is 0 Å². The Kier molecular flexibility index (Phi) is 5.52. The maximum Gasteiger partial charge on any atom is 0.319 e. The quantitative estimate of drug-likeness (QED) is 0.619. The Morgan fingerprint density at radius 2 is 2.10 bits per heavy atom. The zero-order chi connectivity index (χ0) is 22.0. The van der Waals surface area contributed by atoms with Crippen molar-refractivity contribution >= 4 is 29.4 Å². The lowest BCUT2D eigenvalue weighted by molar-refractivity contribution is -0.136. The molecule has 1 saturated heterocycles. The molecule has 2 aliphatic rings. The van der Waals surface area contributed by atoms with Gasteiger partial charge in [0.1, 0.15) is 6.04 Å². The van der Waals surface area contributed by atoms with E-state index in [0.717, 1.165) is 11.1 Å². The van der Waals surface area contributed by atoms with Gasteiger partial charge in [0.25, 0.3) is 5.91 Å². The summed E-state index contributed by atoms with van der Waals surface area (Å²) in [5.74, 6) is -0.563. The normalized spacial score (nSPS) is 17.8. The van der Waals surface area contributed by atoms with E-state index in [1.54, 1.807) is 18.2 Å². The molecule has 1 atom stereocenters. The van der Waals surface area contributed by atoms with E-state index in [4.69, 9.17) is 4.74 Å². The van der Waals surface area contributed by atoms with Crippen LogP contribution in [-0.2, 0) is 22.7 Å². The fourth-order valence-corrected chi connectivity index (χ4v) is 3.64. The zero-order valence-corrected chi connectivity index (χ0v) is 16.8. The number of carbonyl (C=O) groups is 4. The number of imide groups is 1. The van der Waals surface area contributed by atoms with E-state index < -0.39 is 18.0 Å². The van der Waals surface area contributed by atoms with Gasteiger partial charge in [-0.05, 0) is 29.7 Å². The van der Waals surface area contributed by atoms with E-state index in [0.29, 0.717) is 30.1 Å². The second-order valence-electron chi connectivity index (χ2n) is 7.29. The Morgan fingerprint density at radius 3 is 2.81 bits per heavy atom. The highest BCUT2D eigenvalue weighted by Crippen LogP contribution is 2.28. The number of piperidine rings is 1. The number of pyridine rings is 1. The van der Waals surface area contributed by atoms with E-state index in [2.05, 4.69) is 20.9 Å². The molecule has 2 aliphatic heterocycles. The van der Waals surface area contributed by atoms with Crippen LogP contribution in [0.3, 0.4) is 0 Å². The Bertz CT molecular complexity index is 1050. The number of hydrogen-bond acceptors (Lipinski definition) is 6. The maximum atomic E-state index is 12.9. The molecule has 0 spiro atoms. The van der Waals surface area contributed by atoms with Crippen molar-refractivity contribution in [1.82, 2.24) is 20.5 Å². The van der Waals surface area contributed by atoms with E-state index in [1.165, 1.54) is 18.2 Å². The molecule has 31 heavy (non-hydrogen) atoms. The van der Waals surface area contributed by atoms with Crippen molar-refractivity contribution in [3.05, 3.63) is 53.2 Å². The van der Waals surface area contributed by atoms with Crippen molar-refractivity contribution in [1.29, 1.82) is 0 Å². The average Bonchev–Trinajstić information content (AvgIpc) is 3.08. The lowest BCUT2D eigenvalue weighted by Crippen LogP contribution is -2.52. The number of carbonyl (C=O) groups excluding carboxylic acids is 4. The van der Waals surface area contributed by atoms with Gasteiger partial charge in [-0.1, -0.05) is 12.1 Å². The van der Waals surface area contributed by atoms with Crippen molar-refractivity contribution in [3.8, 4) is 5.88 Å². The summed E-state index contributed by atoms with van der Waals surface area (Å²) in [6, 6.07) is 7.61. The SMILES string of the molecule is COc1ccc(NC(=O)NCc2ccc3c(c2)C(=O)N(C2CCC(=O)NC2=O)C3)cn1. The molecule has 0 aliphatic carbocycles. The third kappa shape index (κ3) is 4.32. The van der Waals surface area contributed by atoms with Gasteiger partial charge in [-0.25, -0.2) is 9.78 Å². The first kappa shape index (κ1) is 20.3. The number of nitrogens with zero attached hydrogens (tertiary/aromatic N) is 2. The lowest BCUT2D eigenvalue weighted by Gasteiger charge is -2.29. The first-order valence-corrected chi connectivity index (χ1v) is 9.76. The molecule has 1 aromatic carbocycles. The van der Waals surface area contributed by atoms with Crippen LogP contribution >= 0.6 is 0 Å². The average molecular weight is 423 g/mol. The fourth-order valence-electron chi connectivity index (χ4n) is 3.64. The van der Waals surface area contributed by atoms with Crippen molar-refractivity contribution in [2.45, 2.75) is 32.0 Å². The molecular weight excluding hydrogens is 402 g/mol. The van der Waals surface area contributed by atoms with Gasteiger partial charge in [0, 0.05) is 31.1 Å². The summed E-state index contributed by atoms with van der Waals surface area (Å²) in [6.45, 7) is 0.535. The Balaban J connectivity index is 1.36. The minimum absolute atomic E-state index is 0.213. The van der Waals surface area contributed by atoms with Gasteiger partial charge < -0.3 is 20.3 Å². The van der Waals surface area contributed by atoms with Crippen LogP contribution in [0, 0.1) is 0 Å². The highest BCUT2D eigenvalue weighted by molar-refractivity contribution is 6.05. The summed E-state index contributed by atoms with van der Waals surface area (Å²) >= 11 is 0. The van der Waals surface area contributed by atoms with Crippen LogP contribution < -0.4 is 20.7 Å².